The Morgan fingerprint density at radius 2 is 1.43 bits per heavy atom. The van der Waals surface area contributed by atoms with Crippen LogP contribution in [-0.2, 0) is 16.4 Å². The molecule has 2 heterocycles. The summed E-state index contributed by atoms with van der Waals surface area (Å²) < 4.78 is 146. The number of halogens is 9. The topological polar surface area (TPSA) is 66.4 Å². The Bertz CT molecular complexity index is 1140. The lowest BCUT2D eigenvalue weighted by Gasteiger charge is -2.38. The van der Waals surface area contributed by atoms with Gasteiger partial charge in [-0.05, 0) is 12.5 Å². The molecule has 0 unspecified atom stereocenters. The summed E-state index contributed by atoms with van der Waals surface area (Å²) in [4.78, 5) is 5.66. The van der Waals surface area contributed by atoms with Gasteiger partial charge >= 0.3 is 23.3 Å². The SMILES string of the molecule is Cc1ccc(Cc2nsc(N3CCN(S(=O)(=O)C(F)(F)C(F)(F)C(F)(F)C(F)(F)F)CC3)n2)cc1. The molecule has 1 aromatic carbocycles. The van der Waals surface area contributed by atoms with Crippen molar-refractivity contribution in [1.82, 2.24) is 13.7 Å². The Hall–Kier alpha value is -2.14. The van der Waals surface area contributed by atoms with E-state index in [0.717, 1.165) is 22.7 Å². The van der Waals surface area contributed by atoms with E-state index in [4.69, 9.17) is 0 Å². The van der Waals surface area contributed by atoms with E-state index in [2.05, 4.69) is 9.36 Å². The maximum Gasteiger partial charge on any atom is 0.460 e. The quantitative estimate of drug-likeness (QED) is 0.476. The number of aromatic nitrogens is 2. The molecule has 196 valence electrons. The van der Waals surface area contributed by atoms with Gasteiger partial charge in [0.1, 0.15) is 5.82 Å². The van der Waals surface area contributed by atoms with Crippen LogP contribution in [-0.4, -0.2) is 71.5 Å². The van der Waals surface area contributed by atoms with Gasteiger partial charge in [0.25, 0.3) is 10.0 Å². The number of alkyl halides is 9. The van der Waals surface area contributed by atoms with Crippen LogP contribution in [0, 0.1) is 6.92 Å². The molecule has 0 spiro atoms. The van der Waals surface area contributed by atoms with E-state index in [1.807, 2.05) is 31.2 Å². The van der Waals surface area contributed by atoms with E-state index < -0.39 is 46.4 Å². The van der Waals surface area contributed by atoms with Gasteiger partial charge in [0, 0.05) is 44.1 Å². The van der Waals surface area contributed by atoms with Crippen molar-refractivity contribution in [1.29, 1.82) is 0 Å². The van der Waals surface area contributed by atoms with Crippen LogP contribution in [0.15, 0.2) is 24.3 Å². The third-order valence-electron chi connectivity index (χ3n) is 5.23. The number of aryl methyl sites for hydroxylation is 1. The zero-order valence-corrected chi connectivity index (χ0v) is 19.3. The molecule has 2 aromatic rings. The largest absolute Gasteiger partial charge is 0.460 e. The van der Waals surface area contributed by atoms with Gasteiger partial charge in [0.2, 0.25) is 5.13 Å². The first-order chi connectivity index (χ1) is 15.9. The van der Waals surface area contributed by atoms with Crippen LogP contribution in [0.3, 0.4) is 0 Å². The number of benzene rings is 1. The lowest BCUT2D eigenvalue weighted by Crippen LogP contribution is -2.66. The molecular formula is C18H17F9N4O2S2. The molecule has 0 saturated carbocycles. The number of sulfonamides is 1. The summed E-state index contributed by atoms with van der Waals surface area (Å²) in [5.41, 5.74) is 1.94. The number of rotatable bonds is 7. The van der Waals surface area contributed by atoms with Crippen molar-refractivity contribution in [2.24, 2.45) is 0 Å². The number of anilines is 1. The number of hydrogen-bond donors (Lipinski definition) is 0. The molecule has 1 fully saturated rings. The van der Waals surface area contributed by atoms with Crippen molar-refractivity contribution < 1.29 is 47.9 Å². The lowest BCUT2D eigenvalue weighted by molar-refractivity contribution is -0.382. The second-order valence-corrected chi connectivity index (χ2v) is 10.4. The molecule has 3 rings (SSSR count). The average molecular weight is 556 g/mol. The summed E-state index contributed by atoms with van der Waals surface area (Å²) in [5.74, 6) is -14.1. The van der Waals surface area contributed by atoms with E-state index in [1.54, 1.807) is 0 Å². The minimum Gasteiger partial charge on any atom is -0.344 e. The van der Waals surface area contributed by atoms with Gasteiger partial charge in [-0.3, -0.25) is 0 Å². The van der Waals surface area contributed by atoms with Crippen molar-refractivity contribution in [2.75, 3.05) is 31.1 Å². The Balaban J connectivity index is 1.71. The highest BCUT2D eigenvalue weighted by atomic mass is 32.2. The molecule has 17 heteroatoms. The average Bonchev–Trinajstić information content (AvgIpc) is 3.22. The molecule has 0 amide bonds. The second-order valence-electron chi connectivity index (χ2n) is 7.71. The van der Waals surface area contributed by atoms with Crippen LogP contribution in [0.4, 0.5) is 44.6 Å². The molecule has 0 bridgehead atoms. The second kappa shape index (κ2) is 9.06. The fourth-order valence-electron chi connectivity index (χ4n) is 3.14. The number of piperazine rings is 1. The summed E-state index contributed by atoms with van der Waals surface area (Å²) in [6.45, 7) is -0.579. The maximum absolute atomic E-state index is 14.1. The fraction of sp³-hybridized carbons (Fsp3) is 0.556. The minimum absolute atomic E-state index is 0.238. The fourth-order valence-corrected chi connectivity index (χ4v) is 5.30. The van der Waals surface area contributed by atoms with Crippen molar-refractivity contribution in [3.8, 4) is 0 Å². The first kappa shape index (κ1) is 27.4. The first-order valence-corrected chi connectivity index (χ1v) is 12.0. The van der Waals surface area contributed by atoms with E-state index in [0.29, 0.717) is 12.2 Å². The normalized spacial score (nSPS) is 17.1. The molecule has 0 aliphatic carbocycles. The molecule has 35 heavy (non-hydrogen) atoms. The van der Waals surface area contributed by atoms with Gasteiger partial charge in [0.15, 0.2) is 0 Å². The maximum atomic E-state index is 14.1. The third-order valence-corrected chi connectivity index (χ3v) is 7.99. The van der Waals surface area contributed by atoms with Crippen LogP contribution < -0.4 is 4.90 Å². The highest BCUT2D eigenvalue weighted by Gasteiger charge is 2.85. The summed E-state index contributed by atoms with van der Waals surface area (Å²) in [6.07, 6.45) is -6.75. The molecule has 1 aliphatic heterocycles. The van der Waals surface area contributed by atoms with E-state index in [-0.39, 0.29) is 22.5 Å². The monoisotopic (exact) mass is 556 g/mol. The first-order valence-electron chi connectivity index (χ1n) is 9.75. The molecule has 1 aromatic heterocycles. The van der Waals surface area contributed by atoms with Crippen LogP contribution in [0.2, 0.25) is 0 Å². The Morgan fingerprint density at radius 3 is 1.94 bits per heavy atom. The number of nitrogens with zero attached hydrogens (tertiary/aromatic N) is 4. The third kappa shape index (κ3) is 4.81. The van der Waals surface area contributed by atoms with Gasteiger partial charge in [-0.25, -0.2) is 13.4 Å². The molecule has 0 radical (unpaired) electrons. The zero-order chi connectivity index (χ0) is 26.4. The smallest absolute Gasteiger partial charge is 0.344 e. The van der Waals surface area contributed by atoms with Crippen LogP contribution in [0.1, 0.15) is 17.0 Å². The minimum atomic E-state index is -7.29. The molecule has 6 nitrogen and oxygen atoms in total. The van der Waals surface area contributed by atoms with Gasteiger partial charge in [-0.1, -0.05) is 29.8 Å². The summed E-state index contributed by atoms with van der Waals surface area (Å²) in [5, 5.41) is -6.46. The summed E-state index contributed by atoms with van der Waals surface area (Å²) in [7, 11) is -6.60. The predicted molar refractivity (Wildman–Crippen MR) is 107 cm³/mol. The Morgan fingerprint density at radius 1 is 0.886 bits per heavy atom. The molecular weight excluding hydrogens is 539 g/mol. The zero-order valence-electron chi connectivity index (χ0n) is 17.7. The Kier molecular flexibility index (Phi) is 7.11. The summed E-state index contributed by atoms with van der Waals surface area (Å²) >= 11 is 0.908. The Labute approximate surface area is 197 Å². The van der Waals surface area contributed by atoms with E-state index >= 15 is 0 Å². The predicted octanol–water partition coefficient (Wildman–Crippen LogP) is 4.31. The van der Waals surface area contributed by atoms with Gasteiger partial charge in [-0.2, -0.15) is 48.2 Å². The molecule has 1 saturated heterocycles. The van der Waals surface area contributed by atoms with Gasteiger partial charge in [-0.15, -0.1) is 0 Å². The van der Waals surface area contributed by atoms with E-state index in [1.165, 1.54) is 4.90 Å². The van der Waals surface area contributed by atoms with Gasteiger partial charge in [0.05, 0.1) is 0 Å². The van der Waals surface area contributed by atoms with E-state index in [9.17, 15) is 47.9 Å². The molecule has 0 atom stereocenters. The molecule has 1 aliphatic rings. The van der Waals surface area contributed by atoms with Crippen molar-refractivity contribution in [3.63, 3.8) is 0 Å². The number of hydrogen-bond acceptors (Lipinski definition) is 6. The highest BCUT2D eigenvalue weighted by Crippen LogP contribution is 2.55. The molecule has 0 N–H and O–H groups in total. The van der Waals surface area contributed by atoms with Crippen molar-refractivity contribution in [2.45, 2.75) is 36.6 Å². The van der Waals surface area contributed by atoms with Crippen LogP contribution >= 0.6 is 11.5 Å². The van der Waals surface area contributed by atoms with Crippen LogP contribution in [0.5, 0.6) is 0 Å². The standard InChI is InChI=1S/C18H17F9N4O2S2/c1-11-2-4-12(5-3-11)10-13-28-14(34-29-13)30-6-8-31(9-7-30)35(32,33)18(26,27)16(21,22)15(19,20)17(23,24)25/h2-5H,6-10H2,1H3. The highest BCUT2D eigenvalue weighted by molar-refractivity contribution is 7.90. The van der Waals surface area contributed by atoms with Crippen LogP contribution in [0.25, 0.3) is 0 Å². The lowest BCUT2D eigenvalue weighted by atomic mass is 10.1. The summed E-state index contributed by atoms with van der Waals surface area (Å²) in [6, 6.07) is 7.48. The van der Waals surface area contributed by atoms with Crippen molar-refractivity contribution in [3.05, 3.63) is 41.2 Å². The van der Waals surface area contributed by atoms with Crippen molar-refractivity contribution >= 4 is 26.7 Å². The van der Waals surface area contributed by atoms with Gasteiger partial charge < -0.3 is 4.90 Å².